The Kier molecular flexibility index (Phi) is 16.9. The minimum absolute atomic E-state index is 0.0339. The average molecular weight is 868 g/mol. The number of methoxy groups -OCH3 is 1. The average Bonchev–Trinajstić information content (AvgIpc) is 3.64. The second kappa shape index (κ2) is 21.7. The van der Waals surface area contributed by atoms with Gasteiger partial charge in [-0.15, -0.1) is 11.3 Å². The number of aromatic nitrogens is 3. The van der Waals surface area contributed by atoms with Gasteiger partial charge in [-0.05, 0) is 87.6 Å². The van der Waals surface area contributed by atoms with Crippen molar-refractivity contribution in [2.45, 2.75) is 112 Å². The number of allylic oxidation sites excluding steroid dienone is 1. The number of pyridine rings is 1. The Morgan fingerprint density at radius 2 is 1.97 bits per heavy atom. The summed E-state index contributed by atoms with van der Waals surface area (Å²) in [5, 5.41) is 6.63. The number of unbranched alkanes of at least 4 members (excludes halogenated alkanes) is 1. The van der Waals surface area contributed by atoms with Gasteiger partial charge in [-0.1, -0.05) is 53.7 Å². The standard InChI is InChI=1S/C38H50N6O5S.C11H19N/c1-8-40-34(32(46)15-11-12-19-42-39)36(49-10-3)37-43-30(22-50-37)26-16-17-31-28(20-26)29(21-38(5,6)23-48-24-45)35(44(31)9-2)27-14-13-18-41-33(27)25(4)47-7;1-8-5-10(8)9(2)12-6-11(3,4)7-12/h1,13-14,16-18,20,22,24-25,34,36,40,42H,9-12,15,19,21,23,39H2,2-7H3;8,10H,2,5-7H2,1,3-4H3. The fourth-order valence-electron chi connectivity index (χ4n) is 8.59. The maximum Gasteiger partial charge on any atom is 0.293 e. The summed E-state index contributed by atoms with van der Waals surface area (Å²) < 4.78 is 19.5. The number of thiazole rings is 1. The summed E-state index contributed by atoms with van der Waals surface area (Å²) in [4.78, 5) is 36.7. The molecule has 13 heteroatoms. The Bertz CT molecular complexity index is 2180. The molecule has 1 aliphatic heterocycles. The van der Waals surface area contributed by atoms with Gasteiger partial charge in [0.1, 0.15) is 17.2 Å². The maximum absolute atomic E-state index is 13.3. The van der Waals surface area contributed by atoms with Gasteiger partial charge in [0.15, 0.2) is 5.78 Å². The first-order valence-electron chi connectivity index (χ1n) is 22.0. The number of Topliss-reactive ketones (excluding diaryl/α,β-unsaturated/α-hetero) is 1. The number of hydrazine groups is 1. The number of ketones is 1. The number of hydrogen-bond donors (Lipinski definition) is 3. The monoisotopic (exact) mass is 868 g/mol. The molecule has 0 amide bonds. The van der Waals surface area contributed by atoms with Crippen molar-refractivity contribution < 1.29 is 23.8 Å². The highest BCUT2D eigenvalue weighted by Crippen LogP contribution is 2.47. The molecule has 0 bridgehead atoms. The summed E-state index contributed by atoms with van der Waals surface area (Å²) in [6.45, 7) is 26.3. The number of likely N-dealkylation sites (tertiary alicyclic amines) is 1. The molecule has 336 valence electrons. The first-order chi connectivity index (χ1) is 29.6. The molecule has 4 aromatic rings. The van der Waals surface area contributed by atoms with E-state index in [1.807, 2.05) is 25.3 Å². The van der Waals surface area contributed by atoms with Crippen LogP contribution in [-0.2, 0) is 36.8 Å². The molecule has 12 nitrogen and oxygen atoms in total. The first kappa shape index (κ1) is 48.5. The predicted molar refractivity (Wildman–Crippen MR) is 250 cm³/mol. The normalized spacial score (nSPS) is 18.1. The third-order valence-electron chi connectivity index (χ3n) is 12.0. The number of fused-ring (bicyclic) bond motifs is 1. The Morgan fingerprint density at radius 3 is 2.58 bits per heavy atom. The van der Waals surface area contributed by atoms with E-state index in [1.54, 1.807) is 13.3 Å². The number of carbonyl (C=O) groups is 2. The van der Waals surface area contributed by atoms with Crippen molar-refractivity contribution in [1.29, 1.82) is 0 Å². The number of carbonyl (C=O) groups excluding carboxylic acids is 2. The third-order valence-corrected chi connectivity index (χ3v) is 12.9. The zero-order valence-corrected chi connectivity index (χ0v) is 39.2. The number of nitrogens with one attached hydrogen (secondary N) is 2. The number of benzene rings is 1. The molecule has 2 aliphatic rings. The highest BCUT2D eigenvalue weighted by Gasteiger charge is 2.43. The Morgan fingerprint density at radius 1 is 1.23 bits per heavy atom. The summed E-state index contributed by atoms with van der Waals surface area (Å²) in [5.74, 6) is 7.08. The van der Waals surface area contributed by atoms with Gasteiger partial charge in [-0.2, -0.15) is 0 Å². The van der Waals surface area contributed by atoms with Gasteiger partial charge in [0.05, 0.1) is 29.8 Å². The lowest BCUT2D eigenvalue weighted by Crippen LogP contribution is -2.52. The smallest absolute Gasteiger partial charge is 0.293 e. The van der Waals surface area contributed by atoms with Crippen molar-refractivity contribution >= 4 is 34.5 Å². The maximum atomic E-state index is 13.3. The minimum Gasteiger partial charge on any atom is -0.467 e. The van der Waals surface area contributed by atoms with Crippen LogP contribution in [0, 0.1) is 35.1 Å². The molecule has 62 heavy (non-hydrogen) atoms. The molecule has 1 saturated heterocycles. The second-order valence-electron chi connectivity index (χ2n) is 18.3. The van der Waals surface area contributed by atoms with Crippen molar-refractivity contribution in [3.05, 3.63) is 70.4 Å². The number of aryl methyl sites for hydroxylation is 1. The topological polar surface area (TPSA) is 146 Å². The number of hydrogen-bond acceptors (Lipinski definition) is 12. The summed E-state index contributed by atoms with van der Waals surface area (Å²) >= 11 is 1.44. The molecule has 1 saturated carbocycles. The second-order valence-corrected chi connectivity index (χ2v) is 19.2. The molecule has 4 heterocycles. The molecule has 5 atom stereocenters. The van der Waals surface area contributed by atoms with Crippen LogP contribution in [0.1, 0.15) is 110 Å². The Balaban J connectivity index is 0.000000514. The highest BCUT2D eigenvalue weighted by atomic mass is 32.1. The number of ether oxygens (including phenoxy) is 3. The van der Waals surface area contributed by atoms with Crippen LogP contribution in [0.2, 0.25) is 0 Å². The summed E-state index contributed by atoms with van der Waals surface area (Å²) in [5.41, 5.74) is 11.0. The Hall–Kier alpha value is -4.58. The quantitative estimate of drug-likeness (QED) is 0.0165. The van der Waals surface area contributed by atoms with Crippen molar-refractivity contribution in [1.82, 2.24) is 30.2 Å². The highest BCUT2D eigenvalue weighted by molar-refractivity contribution is 7.10. The van der Waals surface area contributed by atoms with E-state index in [-0.39, 0.29) is 23.9 Å². The van der Waals surface area contributed by atoms with Gasteiger partial charge >= 0.3 is 0 Å². The van der Waals surface area contributed by atoms with Gasteiger partial charge < -0.3 is 29.0 Å². The van der Waals surface area contributed by atoms with Gasteiger partial charge in [0, 0.05) is 103 Å². The number of nitrogens with two attached hydrogens (primary N) is 1. The summed E-state index contributed by atoms with van der Waals surface area (Å²) in [7, 11) is 1.69. The van der Waals surface area contributed by atoms with Crippen LogP contribution < -0.4 is 16.6 Å². The van der Waals surface area contributed by atoms with Crippen LogP contribution in [0.5, 0.6) is 0 Å². The lowest BCUT2D eigenvalue weighted by Gasteiger charge is -2.48. The van der Waals surface area contributed by atoms with Crippen LogP contribution in [0.25, 0.3) is 33.4 Å². The van der Waals surface area contributed by atoms with Crippen LogP contribution >= 0.6 is 11.3 Å². The molecule has 2 fully saturated rings. The van der Waals surface area contributed by atoms with Gasteiger partial charge in [0.25, 0.3) is 6.47 Å². The lowest BCUT2D eigenvalue weighted by atomic mass is 9.83. The minimum atomic E-state index is -0.737. The van der Waals surface area contributed by atoms with Crippen molar-refractivity contribution in [3.63, 3.8) is 0 Å². The van der Waals surface area contributed by atoms with E-state index in [0.717, 1.165) is 69.5 Å². The van der Waals surface area contributed by atoms with Gasteiger partial charge in [-0.25, -0.2) is 4.98 Å². The van der Waals surface area contributed by atoms with Crippen LogP contribution in [0.4, 0.5) is 0 Å². The van der Waals surface area contributed by atoms with Crippen LogP contribution in [0.3, 0.4) is 0 Å². The third kappa shape index (κ3) is 11.7. The van der Waals surface area contributed by atoms with Crippen LogP contribution in [0.15, 0.2) is 54.2 Å². The van der Waals surface area contributed by atoms with Crippen molar-refractivity contribution in [2.24, 2.45) is 28.5 Å². The molecule has 0 spiro atoms. The molecule has 5 unspecified atom stereocenters. The number of rotatable bonds is 23. The number of terminal acetylenes is 1. The van der Waals surface area contributed by atoms with E-state index in [4.69, 9.17) is 36.4 Å². The van der Waals surface area contributed by atoms with Crippen molar-refractivity contribution in [3.8, 4) is 35.0 Å². The lowest BCUT2D eigenvalue weighted by molar-refractivity contribution is -0.131. The molecule has 4 N–H and O–H groups in total. The zero-order chi connectivity index (χ0) is 45.2. The Labute approximate surface area is 373 Å². The molecule has 1 aliphatic carbocycles. The molecular weight excluding hydrogens is 799 g/mol. The molecule has 3 aromatic heterocycles. The van der Waals surface area contributed by atoms with E-state index in [0.29, 0.717) is 49.3 Å². The zero-order valence-electron chi connectivity index (χ0n) is 38.4. The fourth-order valence-corrected chi connectivity index (χ4v) is 9.50. The van der Waals surface area contributed by atoms with Crippen molar-refractivity contribution in [2.75, 3.05) is 40.0 Å². The van der Waals surface area contributed by atoms with Crippen LogP contribution in [-0.4, -0.2) is 77.7 Å². The molecule has 6 rings (SSSR count). The van der Waals surface area contributed by atoms with E-state index in [2.05, 4.69) is 98.6 Å². The van der Waals surface area contributed by atoms with E-state index >= 15 is 0 Å². The molecule has 1 aromatic carbocycles. The van der Waals surface area contributed by atoms with E-state index in [1.165, 1.54) is 36.5 Å². The predicted octanol–water partition coefficient (Wildman–Crippen LogP) is 8.62. The summed E-state index contributed by atoms with van der Waals surface area (Å²) in [6, 6.07) is 12.1. The molecule has 0 radical (unpaired) electrons. The summed E-state index contributed by atoms with van der Waals surface area (Å²) in [6.07, 6.45) is 10.4. The van der Waals surface area contributed by atoms with Gasteiger partial charge in [-0.3, -0.25) is 25.8 Å². The largest absolute Gasteiger partial charge is 0.467 e. The molecular formula is C49H69N7O5S. The fraction of sp³-hybridized carbons (Fsp3) is 0.551. The SMILES string of the molecule is C#CNC(C(=O)CCCCNN)C(OCC)c1nc(-c2ccc3c(c2)c(CC(C)(C)COC=O)c(-c2cccnc2C(C)OC)n3CC)cs1.C=C(C1CC1C)N1CC(C)(C)C1. The number of nitrogens with zero attached hydrogens (tertiary/aromatic N) is 4. The first-order valence-corrected chi connectivity index (χ1v) is 22.9. The van der Waals surface area contributed by atoms with E-state index < -0.39 is 12.1 Å². The van der Waals surface area contributed by atoms with Gasteiger partial charge in [0.2, 0.25) is 0 Å². The van der Waals surface area contributed by atoms with E-state index in [9.17, 15) is 9.59 Å².